The van der Waals surface area contributed by atoms with E-state index in [0.29, 0.717) is 17.4 Å². The van der Waals surface area contributed by atoms with E-state index in [1.54, 1.807) is 0 Å². The Morgan fingerprint density at radius 1 is 0.435 bits per heavy atom. The third kappa shape index (κ3) is 48.5. The molecule has 0 aromatic rings. The minimum Gasteiger partial charge on any atom is -0.462 e. The van der Waals surface area contributed by atoms with Crippen molar-refractivity contribution in [1.82, 2.24) is 0 Å². The van der Waals surface area contributed by atoms with Crippen molar-refractivity contribution in [2.24, 2.45) is 0 Å². The van der Waals surface area contributed by atoms with Crippen LogP contribution in [0.2, 0.25) is 0 Å². The number of phosphoric acid groups is 1. The van der Waals surface area contributed by atoms with Gasteiger partial charge in [0.1, 0.15) is 19.8 Å². The van der Waals surface area contributed by atoms with E-state index in [0.717, 1.165) is 38.5 Å². The van der Waals surface area contributed by atoms with Crippen LogP contribution < -0.4 is 0 Å². The van der Waals surface area contributed by atoms with E-state index in [-0.39, 0.29) is 25.6 Å². The van der Waals surface area contributed by atoms with Crippen LogP contribution in [-0.2, 0) is 32.7 Å². The molecule has 62 heavy (non-hydrogen) atoms. The number of carbonyl (C=O) groups is 2. The molecule has 370 valence electrons. The van der Waals surface area contributed by atoms with Crippen molar-refractivity contribution in [3.05, 3.63) is 0 Å². The van der Waals surface area contributed by atoms with Crippen molar-refractivity contribution in [3.63, 3.8) is 0 Å². The lowest BCUT2D eigenvalue weighted by atomic mass is 10.0. The number of hydrogen-bond donors (Lipinski definition) is 1. The van der Waals surface area contributed by atoms with Crippen LogP contribution in [-0.4, -0.2) is 74.9 Å². The lowest BCUT2D eigenvalue weighted by Crippen LogP contribution is -2.37. The fourth-order valence-electron chi connectivity index (χ4n) is 7.96. The number of rotatable bonds is 50. The van der Waals surface area contributed by atoms with Crippen molar-refractivity contribution in [1.29, 1.82) is 0 Å². The maximum atomic E-state index is 12.8. The Hall–Kier alpha value is -0.990. The molecule has 0 bridgehead atoms. The van der Waals surface area contributed by atoms with E-state index in [1.807, 2.05) is 21.1 Å². The minimum absolute atomic E-state index is 0.0371. The van der Waals surface area contributed by atoms with Gasteiger partial charge >= 0.3 is 19.8 Å². The maximum Gasteiger partial charge on any atom is 0.472 e. The summed E-state index contributed by atoms with van der Waals surface area (Å²) >= 11 is 0. The second kappa shape index (κ2) is 45.2. The molecule has 0 amide bonds. The molecule has 0 aromatic carbocycles. The fraction of sp³-hybridized carbons (Fsp3) is 0.962. The molecule has 0 rings (SSSR count). The zero-order chi connectivity index (χ0) is 45.7. The largest absolute Gasteiger partial charge is 0.472 e. The van der Waals surface area contributed by atoms with E-state index in [1.165, 1.54) is 205 Å². The molecule has 10 heteroatoms. The maximum absolute atomic E-state index is 12.8. The molecule has 0 saturated carbocycles. The van der Waals surface area contributed by atoms with Gasteiger partial charge in [0.05, 0.1) is 27.7 Å². The summed E-state index contributed by atoms with van der Waals surface area (Å²) in [6, 6.07) is 0. The molecule has 2 atom stereocenters. The highest BCUT2D eigenvalue weighted by Gasteiger charge is 2.27. The summed E-state index contributed by atoms with van der Waals surface area (Å²) in [5.74, 6) is -0.779. The molecule has 0 aliphatic carbocycles. The van der Waals surface area contributed by atoms with Crippen LogP contribution in [0.1, 0.15) is 271 Å². The third-order valence-electron chi connectivity index (χ3n) is 12.1. The van der Waals surface area contributed by atoms with Gasteiger partial charge in [-0.3, -0.25) is 18.6 Å². The SMILES string of the molecule is CCCCCCCCCCCCCCCCCCCCCCCCCCCCC(=O)OC(COC(=O)CCCCCCCCCCCCCC)COP(=O)(O)OCC[N+](C)(C)C. The minimum atomic E-state index is -4.37. The average Bonchev–Trinajstić information content (AvgIpc) is 3.23. The zero-order valence-electron chi connectivity index (χ0n) is 41.9. The van der Waals surface area contributed by atoms with Gasteiger partial charge in [-0.25, -0.2) is 4.57 Å². The quantitative estimate of drug-likeness (QED) is 0.0278. The first-order valence-electron chi connectivity index (χ1n) is 26.8. The average molecular weight is 903 g/mol. The van der Waals surface area contributed by atoms with Crippen LogP contribution in [0.3, 0.4) is 0 Å². The van der Waals surface area contributed by atoms with E-state index in [9.17, 15) is 19.0 Å². The monoisotopic (exact) mass is 903 g/mol. The molecule has 2 unspecified atom stereocenters. The summed E-state index contributed by atoms with van der Waals surface area (Å²) in [6.45, 7) is 4.48. The molecule has 0 heterocycles. The Kier molecular flexibility index (Phi) is 44.5. The van der Waals surface area contributed by atoms with Crippen molar-refractivity contribution in [2.45, 2.75) is 277 Å². The molecule has 0 aliphatic heterocycles. The summed E-state index contributed by atoms with van der Waals surface area (Å²) in [5, 5.41) is 0. The Labute approximate surface area is 384 Å². The number of hydrogen-bond acceptors (Lipinski definition) is 7. The van der Waals surface area contributed by atoms with Crippen molar-refractivity contribution in [3.8, 4) is 0 Å². The van der Waals surface area contributed by atoms with Gasteiger partial charge < -0.3 is 18.9 Å². The predicted octanol–water partition coefficient (Wildman–Crippen LogP) is 15.9. The van der Waals surface area contributed by atoms with Gasteiger partial charge in [0, 0.05) is 12.8 Å². The van der Waals surface area contributed by atoms with Gasteiger partial charge in [-0.15, -0.1) is 0 Å². The number of unbranched alkanes of at least 4 members (excludes halogenated alkanes) is 36. The highest BCUT2D eigenvalue weighted by atomic mass is 31.2. The first-order chi connectivity index (χ1) is 30.0. The van der Waals surface area contributed by atoms with E-state index in [2.05, 4.69) is 13.8 Å². The normalized spacial score (nSPS) is 13.3. The Bertz CT molecular complexity index is 1020. The molecule has 0 radical (unpaired) electrons. The summed E-state index contributed by atoms with van der Waals surface area (Å²) < 4.78 is 34.4. The molecule has 0 aromatic heterocycles. The van der Waals surface area contributed by atoms with Gasteiger partial charge in [0.2, 0.25) is 0 Å². The van der Waals surface area contributed by atoms with Crippen LogP contribution in [0, 0.1) is 0 Å². The zero-order valence-corrected chi connectivity index (χ0v) is 42.8. The van der Waals surface area contributed by atoms with Gasteiger partial charge in [0.25, 0.3) is 0 Å². The highest BCUT2D eigenvalue weighted by molar-refractivity contribution is 7.47. The molecular weight excluding hydrogens is 798 g/mol. The molecule has 0 spiro atoms. The van der Waals surface area contributed by atoms with Gasteiger partial charge in [-0.2, -0.15) is 0 Å². The van der Waals surface area contributed by atoms with Crippen LogP contribution in [0.15, 0.2) is 0 Å². The molecule has 0 aliphatic rings. The first-order valence-corrected chi connectivity index (χ1v) is 28.3. The number of likely N-dealkylation sites (N-methyl/N-ethyl adjacent to an activating group) is 1. The van der Waals surface area contributed by atoms with Crippen LogP contribution in [0.25, 0.3) is 0 Å². The number of nitrogens with zero attached hydrogens (tertiary/aromatic N) is 1. The number of phosphoric ester groups is 1. The Morgan fingerprint density at radius 3 is 1.03 bits per heavy atom. The summed E-state index contributed by atoms with van der Waals surface area (Å²) in [5.41, 5.74) is 0. The van der Waals surface area contributed by atoms with Crippen molar-refractivity contribution < 1.29 is 42.1 Å². The second-order valence-corrected chi connectivity index (χ2v) is 21.1. The predicted molar refractivity (Wildman–Crippen MR) is 261 cm³/mol. The molecule has 1 N–H and O–H groups in total. The van der Waals surface area contributed by atoms with Crippen LogP contribution >= 0.6 is 7.82 Å². The topological polar surface area (TPSA) is 108 Å². The summed E-state index contributed by atoms with van der Waals surface area (Å²) in [7, 11) is 1.50. The fourth-order valence-corrected chi connectivity index (χ4v) is 8.70. The highest BCUT2D eigenvalue weighted by Crippen LogP contribution is 2.43. The molecule has 9 nitrogen and oxygen atoms in total. The van der Waals surface area contributed by atoms with E-state index in [4.69, 9.17) is 18.5 Å². The third-order valence-corrected chi connectivity index (χ3v) is 13.1. The number of ether oxygens (including phenoxy) is 2. The Morgan fingerprint density at radius 2 is 0.726 bits per heavy atom. The van der Waals surface area contributed by atoms with Gasteiger partial charge in [-0.05, 0) is 12.8 Å². The van der Waals surface area contributed by atoms with Crippen molar-refractivity contribution >= 4 is 19.8 Å². The molecule has 0 fully saturated rings. The lowest BCUT2D eigenvalue weighted by Gasteiger charge is -2.24. The van der Waals surface area contributed by atoms with E-state index < -0.39 is 26.5 Å². The van der Waals surface area contributed by atoms with E-state index >= 15 is 0 Å². The summed E-state index contributed by atoms with van der Waals surface area (Å²) in [6.07, 6.45) is 48.8. The lowest BCUT2D eigenvalue weighted by molar-refractivity contribution is -0.870. The molecule has 0 saturated heterocycles. The number of esters is 2. The Balaban J connectivity index is 4.07. The van der Waals surface area contributed by atoms with Gasteiger partial charge in [-0.1, -0.05) is 245 Å². The van der Waals surface area contributed by atoms with Crippen molar-refractivity contribution in [2.75, 3.05) is 47.5 Å². The smallest absolute Gasteiger partial charge is 0.462 e. The number of carbonyl (C=O) groups excluding carboxylic acids is 2. The second-order valence-electron chi connectivity index (χ2n) is 19.6. The number of quaternary nitrogens is 1. The summed E-state index contributed by atoms with van der Waals surface area (Å²) in [4.78, 5) is 35.5. The standard InChI is InChI=1S/C52H104NO8P/c1-6-8-10-12-14-16-18-20-21-22-23-24-25-26-27-28-29-30-31-32-33-35-37-39-41-43-45-52(55)61-50(49-60-62(56,57)59-47-46-53(3,4)5)48-58-51(54)44-42-40-38-36-34-19-17-15-13-11-9-7-2/h50H,6-49H2,1-5H3/p+1. The first kappa shape index (κ1) is 61.0. The van der Waals surface area contributed by atoms with Gasteiger partial charge in [0.15, 0.2) is 6.10 Å². The molecular formula is C52H105NO8P+. The van der Waals surface area contributed by atoms with Crippen LogP contribution in [0.5, 0.6) is 0 Å². The van der Waals surface area contributed by atoms with Crippen LogP contribution in [0.4, 0.5) is 0 Å².